The van der Waals surface area contributed by atoms with E-state index in [2.05, 4.69) is 17.1 Å². The molecule has 0 aromatic carbocycles. The summed E-state index contributed by atoms with van der Waals surface area (Å²) in [6.45, 7) is 4.43. The Bertz CT molecular complexity index is 70.9. The molecule has 0 bridgehead atoms. The lowest BCUT2D eigenvalue weighted by Crippen LogP contribution is -1.90. The fraction of sp³-hybridized carbons (Fsp3) is 0.833. The van der Waals surface area contributed by atoms with Gasteiger partial charge in [-0.25, -0.2) is 3.21 Å². The van der Waals surface area contributed by atoms with Gasteiger partial charge in [0.2, 0.25) is 0 Å². The summed E-state index contributed by atoms with van der Waals surface area (Å²) in [7, 11) is 0. The molecule has 48 valence electrons. The highest BCUT2D eigenvalue weighted by atomic mass is 127. The molecule has 1 atom stereocenters. The van der Waals surface area contributed by atoms with Crippen LogP contribution < -0.4 is 0 Å². The van der Waals surface area contributed by atoms with E-state index in [1.807, 2.05) is 29.1 Å². The molecule has 0 fully saturated rings. The van der Waals surface area contributed by atoms with Gasteiger partial charge in [-0.05, 0) is 12.3 Å². The van der Waals surface area contributed by atoms with Crippen molar-refractivity contribution in [3.63, 3.8) is 0 Å². The van der Waals surface area contributed by atoms with Gasteiger partial charge in [0.05, 0.1) is 22.9 Å². The predicted octanol–water partition coefficient (Wildman–Crippen LogP) is 2.84. The van der Waals surface area contributed by atoms with E-state index in [0.29, 0.717) is 0 Å². The van der Waals surface area contributed by atoms with Gasteiger partial charge >= 0.3 is 0 Å². The first-order valence-corrected chi connectivity index (χ1v) is 3.90. The molecule has 0 saturated carbocycles. The van der Waals surface area contributed by atoms with Crippen LogP contribution >= 0.6 is 22.9 Å². The smallest absolute Gasteiger partial charge is 0.0827 e. The molecule has 0 radical (unpaired) electrons. The van der Waals surface area contributed by atoms with E-state index >= 15 is 0 Å². The van der Waals surface area contributed by atoms with E-state index in [0.717, 1.165) is 12.3 Å². The predicted molar refractivity (Wildman–Crippen MR) is 46.6 cm³/mol. The molecule has 0 aliphatic carbocycles. The van der Waals surface area contributed by atoms with Crippen LogP contribution in [-0.4, -0.2) is 6.21 Å². The Balaban J connectivity index is 3.10. The molecule has 0 aliphatic rings. The summed E-state index contributed by atoms with van der Waals surface area (Å²) < 4.78 is 3.87. The molecule has 0 aromatic heterocycles. The molecule has 0 spiro atoms. The molecule has 1 unspecified atom stereocenters. The lowest BCUT2D eigenvalue weighted by molar-refractivity contribution is 0.592. The molecular formula is C6H12IN. The van der Waals surface area contributed by atoms with E-state index in [1.54, 1.807) is 0 Å². The summed E-state index contributed by atoms with van der Waals surface area (Å²) >= 11 is 2.01. The standard InChI is InChI=1S/C6H12IN/c1-3-6(2)4-5-8-7/h5-6H,3-4H2,1-2H3. The average Bonchev–Trinajstić information content (AvgIpc) is 1.83. The molecule has 0 aromatic rings. The first-order valence-electron chi connectivity index (χ1n) is 2.94. The van der Waals surface area contributed by atoms with Crippen molar-refractivity contribution in [2.45, 2.75) is 26.7 Å². The fourth-order valence-corrected chi connectivity index (χ4v) is 0.614. The van der Waals surface area contributed by atoms with Crippen molar-refractivity contribution in [2.75, 3.05) is 0 Å². The molecule has 0 rings (SSSR count). The second-order valence-corrected chi connectivity index (χ2v) is 2.59. The first-order chi connectivity index (χ1) is 3.81. The molecular weight excluding hydrogens is 213 g/mol. The summed E-state index contributed by atoms with van der Waals surface area (Å²) in [5, 5.41) is 0. The minimum atomic E-state index is 0.800. The van der Waals surface area contributed by atoms with Crippen molar-refractivity contribution in [2.24, 2.45) is 9.12 Å². The van der Waals surface area contributed by atoms with Crippen LogP contribution in [0.15, 0.2) is 3.21 Å². The Labute approximate surface area is 65.1 Å². The van der Waals surface area contributed by atoms with Gasteiger partial charge < -0.3 is 0 Å². The number of hydrogen-bond acceptors (Lipinski definition) is 1. The molecule has 8 heavy (non-hydrogen) atoms. The molecule has 0 N–H and O–H groups in total. The lowest BCUT2D eigenvalue weighted by Gasteiger charge is -1.99. The Morgan fingerprint density at radius 3 is 2.75 bits per heavy atom. The third-order valence-electron chi connectivity index (χ3n) is 1.27. The van der Waals surface area contributed by atoms with Crippen molar-refractivity contribution >= 4 is 29.1 Å². The zero-order valence-electron chi connectivity index (χ0n) is 5.39. The largest absolute Gasteiger partial charge is 0.228 e. The fourth-order valence-electron chi connectivity index (χ4n) is 0.386. The van der Waals surface area contributed by atoms with E-state index in [-0.39, 0.29) is 0 Å². The monoisotopic (exact) mass is 225 g/mol. The van der Waals surface area contributed by atoms with Crippen molar-refractivity contribution < 1.29 is 0 Å². The van der Waals surface area contributed by atoms with Gasteiger partial charge in [0.15, 0.2) is 0 Å². The van der Waals surface area contributed by atoms with Crippen molar-refractivity contribution in [3.05, 3.63) is 0 Å². The van der Waals surface area contributed by atoms with Gasteiger partial charge in [0.1, 0.15) is 0 Å². The van der Waals surface area contributed by atoms with Crippen LogP contribution in [0.5, 0.6) is 0 Å². The van der Waals surface area contributed by atoms with Crippen LogP contribution in [0.1, 0.15) is 26.7 Å². The summed E-state index contributed by atoms with van der Waals surface area (Å²) in [6.07, 6.45) is 4.34. The molecule has 0 amide bonds. The highest BCUT2D eigenvalue weighted by molar-refractivity contribution is 14.1. The SMILES string of the molecule is CCC(C)CC=NI. The first kappa shape index (κ1) is 8.40. The number of rotatable bonds is 3. The summed E-state index contributed by atoms with van der Waals surface area (Å²) in [5.41, 5.74) is 0. The summed E-state index contributed by atoms with van der Waals surface area (Å²) in [5.74, 6) is 0.800. The lowest BCUT2D eigenvalue weighted by atomic mass is 10.1. The van der Waals surface area contributed by atoms with Crippen LogP contribution in [0.2, 0.25) is 0 Å². The van der Waals surface area contributed by atoms with Gasteiger partial charge in [-0.2, -0.15) is 0 Å². The maximum absolute atomic E-state index is 3.87. The Morgan fingerprint density at radius 1 is 1.75 bits per heavy atom. The highest BCUT2D eigenvalue weighted by Gasteiger charge is 1.92. The average molecular weight is 225 g/mol. The van der Waals surface area contributed by atoms with Crippen molar-refractivity contribution in [1.29, 1.82) is 0 Å². The Morgan fingerprint density at radius 2 is 2.38 bits per heavy atom. The number of nitrogens with zero attached hydrogens (tertiary/aromatic N) is 1. The minimum absolute atomic E-state index is 0.800. The van der Waals surface area contributed by atoms with Crippen LogP contribution in [0, 0.1) is 5.92 Å². The van der Waals surface area contributed by atoms with Crippen LogP contribution in [0.4, 0.5) is 0 Å². The molecule has 0 aliphatic heterocycles. The zero-order valence-corrected chi connectivity index (χ0v) is 7.55. The highest BCUT2D eigenvalue weighted by Crippen LogP contribution is 2.03. The van der Waals surface area contributed by atoms with Gasteiger partial charge in [-0.1, -0.05) is 20.3 Å². The second kappa shape index (κ2) is 5.54. The number of hydrogen-bond donors (Lipinski definition) is 0. The normalized spacial score (nSPS) is 14.9. The molecule has 0 heterocycles. The summed E-state index contributed by atoms with van der Waals surface area (Å²) in [4.78, 5) is 0. The van der Waals surface area contributed by atoms with Crippen LogP contribution in [-0.2, 0) is 0 Å². The van der Waals surface area contributed by atoms with Crippen LogP contribution in [0.25, 0.3) is 0 Å². The van der Waals surface area contributed by atoms with Gasteiger partial charge in [0, 0.05) is 6.21 Å². The van der Waals surface area contributed by atoms with E-state index in [4.69, 9.17) is 0 Å². The maximum atomic E-state index is 3.87. The third kappa shape index (κ3) is 4.56. The second-order valence-electron chi connectivity index (χ2n) is 2.03. The molecule has 1 nitrogen and oxygen atoms in total. The van der Waals surface area contributed by atoms with E-state index < -0.39 is 0 Å². The van der Waals surface area contributed by atoms with Gasteiger partial charge in [-0.3, -0.25) is 0 Å². The van der Waals surface area contributed by atoms with Gasteiger partial charge in [-0.15, -0.1) is 0 Å². The quantitative estimate of drug-likeness (QED) is 0.517. The van der Waals surface area contributed by atoms with Crippen LogP contribution in [0.3, 0.4) is 0 Å². The van der Waals surface area contributed by atoms with E-state index in [9.17, 15) is 0 Å². The Hall–Kier alpha value is 0.400. The Kier molecular flexibility index (Phi) is 5.81. The van der Waals surface area contributed by atoms with Gasteiger partial charge in [0.25, 0.3) is 0 Å². The van der Waals surface area contributed by atoms with E-state index in [1.165, 1.54) is 6.42 Å². The molecule has 0 saturated heterocycles. The topological polar surface area (TPSA) is 12.4 Å². The minimum Gasteiger partial charge on any atom is -0.228 e. The third-order valence-corrected chi connectivity index (χ3v) is 1.67. The molecule has 2 heteroatoms. The number of halogens is 1. The maximum Gasteiger partial charge on any atom is 0.0827 e. The van der Waals surface area contributed by atoms with Crippen molar-refractivity contribution in [1.82, 2.24) is 0 Å². The zero-order chi connectivity index (χ0) is 6.41. The van der Waals surface area contributed by atoms with Crippen molar-refractivity contribution in [3.8, 4) is 0 Å². The summed E-state index contributed by atoms with van der Waals surface area (Å²) in [6, 6.07) is 0.